The number of carbonyl (C=O) groups excluding carboxylic acids is 1. The molecule has 1 saturated heterocycles. The van der Waals surface area contributed by atoms with Gasteiger partial charge in [0.05, 0.1) is 17.5 Å². The number of anilines is 1. The summed E-state index contributed by atoms with van der Waals surface area (Å²) in [6.45, 7) is 7.97. The number of hydrogen-bond donors (Lipinski definition) is 1. The average molecular weight is 334 g/mol. The summed E-state index contributed by atoms with van der Waals surface area (Å²) < 4.78 is 0. The molecule has 5 nitrogen and oxygen atoms in total. The lowest BCUT2D eigenvalue weighted by Gasteiger charge is -2.33. The maximum absolute atomic E-state index is 12.7. The summed E-state index contributed by atoms with van der Waals surface area (Å²) in [6, 6.07) is 8.36. The molecular weight excluding hydrogens is 312 g/mol. The normalized spacial score (nSPS) is 14.6. The van der Waals surface area contributed by atoms with E-state index in [4.69, 9.17) is 4.98 Å². The summed E-state index contributed by atoms with van der Waals surface area (Å²) in [5.74, 6) is 0.0690. The molecule has 0 aliphatic carbocycles. The Morgan fingerprint density at radius 2 is 2.04 bits per heavy atom. The molecular formula is C20H22N4O. The maximum Gasteiger partial charge on any atom is 0.171 e. The van der Waals surface area contributed by atoms with Crippen LogP contribution in [0.5, 0.6) is 0 Å². The van der Waals surface area contributed by atoms with Gasteiger partial charge in [0.25, 0.3) is 0 Å². The second kappa shape index (κ2) is 5.69. The summed E-state index contributed by atoms with van der Waals surface area (Å²) >= 11 is 0. The van der Waals surface area contributed by atoms with Crippen LogP contribution in [0.2, 0.25) is 0 Å². The zero-order valence-electron chi connectivity index (χ0n) is 14.8. The fourth-order valence-corrected chi connectivity index (χ4v) is 3.04. The highest BCUT2D eigenvalue weighted by Gasteiger charge is 2.26. The molecule has 0 radical (unpaired) electrons. The van der Waals surface area contributed by atoms with Crippen LogP contribution in [-0.2, 0) is 0 Å². The number of aromatic amines is 1. The quantitative estimate of drug-likeness (QED) is 0.734. The predicted molar refractivity (Wildman–Crippen MR) is 99.9 cm³/mol. The Labute approximate surface area is 147 Å². The minimum Gasteiger partial charge on any atom is -0.371 e. The van der Waals surface area contributed by atoms with E-state index in [1.807, 2.05) is 32.9 Å². The van der Waals surface area contributed by atoms with Crippen molar-refractivity contribution < 1.29 is 4.79 Å². The van der Waals surface area contributed by atoms with Crippen LogP contribution in [0, 0.1) is 5.41 Å². The highest BCUT2D eigenvalue weighted by molar-refractivity contribution is 6.08. The van der Waals surface area contributed by atoms with E-state index < -0.39 is 5.41 Å². The number of benzene rings is 1. The number of carbonyl (C=O) groups is 1. The highest BCUT2D eigenvalue weighted by atomic mass is 16.1. The van der Waals surface area contributed by atoms with Crippen molar-refractivity contribution >= 4 is 22.6 Å². The van der Waals surface area contributed by atoms with Gasteiger partial charge in [-0.05, 0) is 18.6 Å². The number of fused-ring (bicyclic) bond motifs is 1. The third-order valence-corrected chi connectivity index (χ3v) is 4.67. The van der Waals surface area contributed by atoms with E-state index in [-0.39, 0.29) is 5.78 Å². The summed E-state index contributed by atoms with van der Waals surface area (Å²) in [4.78, 5) is 27.3. The lowest BCUT2D eigenvalue weighted by molar-refractivity contribution is 0.0860. The third kappa shape index (κ3) is 2.80. The van der Waals surface area contributed by atoms with Crippen molar-refractivity contribution in [3.05, 3.63) is 42.2 Å². The van der Waals surface area contributed by atoms with Gasteiger partial charge in [0, 0.05) is 36.0 Å². The number of ketones is 1. The maximum atomic E-state index is 12.7. The second-order valence-electron chi connectivity index (χ2n) is 7.62. The minimum absolute atomic E-state index is 0.0690. The zero-order valence-corrected chi connectivity index (χ0v) is 14.8. The van der Waals surface area contributed by atoms with Gasteiger partial charge >= 0.3 is 0 Å². The molecule has 1 fully saturated rings. The molecule has 5 heteroatoms. The van der Waals surface area contributed by atoms with Gasteiger partial charge < -0.3 is 9.88 Å². The zero-order chi connectivity index (χ0) is 17.6. The number of aromatic nitrogens is 3. The van der Waals surface area contributed by atoms with Gasteiger partial charge in [-0.1, -0.05) is 32.9 Å². The molecule has 3 aromatic rings. The fourth-order valence-electron chi connectivity index (χ4n) is 3.04. The standard InChI is InChI=1S/C20H22N4O/c1-20(2,3)18(25)15-11-21-19-17(15)23-16(12-22-19)13-6-4-7-14(10-13)24-8-5-9-24/h4,6-7,10-12H,5,8-9H2,1-3H3,(H,21,22). The van der Waals surface area contributed by atoms with Gasteiger partial charge in [0.2, 0.25) is 0 Å². The van der Waals surface area contributed by atoms with Crippen molar-refractivity contribution in [3.8, 4) is 11.3 Å². The summed E-state index contributed by atoms with van der Waals surface area (Å²) in [7, 11) is 0. The molecule has 3 heterocycles. The Morgan fingerprint density at radius 1 is 1.24 bits per heavy atom. The first kappa shape index (κ1) is 15.8. The van der Waals surface area contributed by atoms with E-state index >= 15 is 0 Å². The minimum atomic E-state index is -0.454. The van der Waals surface area contributed by atoms with Crippen molar-refractivity contribution in [2.75, 3.05) is 18.0 Å². The molecule has 128 valence electrons. The molecule has 25 heavy (non-hydrogen) atoms. The van der Waals surface area contributed by atoms with Gasteiger partial charge in [0.1, 0.15) is 5.52 Å². The van der Waals surface area contributed by atoms with Crippen molar-refractivity contribution in [2.24, 2.45) is 5.41 Å². The van der Waals surface area contributed by atoms with Crippen LogP contribution < -0.4 is 4.90 Å². The van der Waals surface area contributed by atoms with Crippen molar-refractivity contribution in [1.82, 2.24) is 15.0 Å². The number of Topliss-reactive ketones (excluding diaryl/α,β-unsaturated/α-hetero) is 1. The number of nitrogens with zero attached hydrogens (tertiary/aromatic N) is 3. The average Bonchev–Trinajstić information content (AvgIpc) is 2.94. The van der Waals surface area contributed by atoms with Crippen molar-refractivity contribution in [1.29, 1.82) is 0 Å². The summed E-state index contributed by atoms with van der Waals surface area (Å²) in [6.07, 6.45) is 4.73. The topological polar surface area (TPSA) is 61.9 Å². The molecule has 0 spiro atoms. The molecule has 1 aromatic carbocycles. The number of rotatable bonds is 3. The van der Waals surface area contributed by atoms with Crippen LogP contribution in [0.4, 0.5) is 5.69 Å². The molecule has 4 rings (SSSR count). The molecule has 1 aliphatic heterocycles. The van der Waals surface area contributed by atoms with Gasteiger partial charge in [0.15, 0.2) is 11.4 Å². The molecule has 1 N–H and O–H groups in total. The summed E-state index contributed by atoms with van der Waals surface area (Å²) in [5, 5.41) is 0. The van der Waals surface area contributed by atoms with E-state index in [1.54, 1.807) is 12.4 Å². The van der Waals surface area contributed by atoms with Gasteiger partial charge in [-0.3, -0.25) is 4.79 Å². The van der Waals surface area contributed by atoms with E-state index in [0.29, 0.717) is 16.7 Å². The fraction of sp³-hybridized carbons (Fsp3) is 0.350. The first-order valence-corrected chi connectivity index (χ1v) is 8.68. The number of hydrogen-bond acceptors (Lipinski definition) is 4. The molecule has 0 atom stereocenters. The van der Waals surface area contributed by atoms with Crippen molar-refractivity contribution in [2.45, 2.75) is 27.2 Å². The molecule has 0 unspecified atom stereocenters. The third-order valence-electron chi connectivity index (χ3n) is 4.67. The Morgan fingerprint density at radius 3 is 2.72 bits per heavy atom. The smallest absolute Gasteiger partial charge is 0.171 e. The van der Waals surface area contributed by atoms with E-state index in [0.717, 1.165) is 24.3 Å². The summed E-state index contributed by atoms with van der Waals surface area (Å²) in [5.41, 5.74) is 4.47. The van der Waals surface area contributed by atoms with Crippen LogP contribution in [0.3, 0.4) is 0 Å². The Kier molecular flexibility index (Phi) is 3.60. The molecule has 0 amide bonds. The monoisotopic (exact) mass is 334 g/mol. The Hall–Kier alpha value is -2.69. The lowest BCUT2D eigenvalue weighted by Crippen LogP contribution is -2.36. The van der Waals surface area contributed by atoms with E-state index in [2.05, 4.69) is 27.0 Å². The molecule has 0 bridgehead atoms. The first-order valence-electron chi connectivity index (χ1n) is 8.68. The van der Waals surface area contributed by atoms with Crippen LogP contribution >= 0.6 is 0 Å². The van der Waals surface area contributed by atoms with E-state index in [1.165, 1.54) is 12.1 Å². The SMILES string of the molecule is CC(C)(C)C(=O)c1c[nH]c2ncc(-c3cccc(N4CCC4)c3)nc12. The second-order valence-corrected chi connectivity index (χ2v) is 7.62. The Balaban J connectivity index is 1.77. The molecule has 1 aliphatic rings. The van der Waals surface area contributed by atoms with Gasteiger partial charge in [-0.15, -0.1) is 0 Å². The van der Waals surface area contributed by atoms with E-state index in [9.17, 15) is 4.79 Å². The molecule has 2 aromatic heterocycles. The largest absolute Gasteiger partial charge is 0.371 e. The number of H-pyrrole nitrogens is 1. The van der Waals surface area contributed by atoms with Gasteiger partial charge in [-0.25, -0.2) is 9.97 Å². The highest BCUT2D eigenvalue weighted by Crippen LogP contribution is 2.29. The molecule has 0 saturated carbocycles. The van der Waals surface area contributed by atoms with Crippen LogP contribution in [-0.4, -0.2) is 33.8 Å². The van der Waals surface area contributed by atoms with Gasteiger partial charge in [-0.2, -0.15) is 0 Å². The van der Waals surface area contributed by atoms with Crippen LogP contribution in [0.15, 0.2) is 36.7 Å². The number of nitrogens with one attached hydrogen (secondary N) is 1. The predicted octanol–water partition coefficient (Wildman–Crippen LogP) is 4.06. The van der Waals surface area contributed by atoms with Crippen LogP contribution in [0.25, 0.3) is 22.4 Å². The van der Waals surface area contributed by atoms with Crippen LogP contribution in [0.1, 0.15) is 37.6 Å². The Bertz CT molecular complexity index is 948. The van der Waals surface area contributed by atoms with Crippen molar-refractivity contribution in [3.63, 3.8) is 0 Å². The lowest BCUT2D eigenvalue weighted by atomic mass is 9.87. The first-order chi connectivity index (χ1) is 11.9.